The smallest absolute Gasteiger partial charge is 0.364 e. The van der Waals surface area contributed by atoms with Crippen LogP contribution in [0.3, 0.4) is 0 Å². The van der Waals surface area contributed by atoms with Gasteiger partial charge in [-0.3, -0.25) is 4.79 Å². The van der Waals surface area contributed by atoms with Gasteiger partial charge in [-0.05, 0) is 42.5 Å². The van der Waals surface area contributed by atoms with Gasteiger partial charge in [0.05, 0.1) is 5.39 Å². The Balaban J connectivity index is 2.03. The highest BCUT2D eigenvalue weighted by atomic mass is 16.5. The van der Waals surface area contributed by atoms with Crippen LogP contribution in [0.1, 0.15) is 49.3 Å². The van der Waals surface area contributed by atoms with Crippen LogP contribution in [0.5, 0.6) is 5.75 Å². The van der Waals surface area contributed by atoms with Gasteiger partial charge in [0.2, 0.25) is 0 Å². The van der Waals surface area contributed by atoms with Crippen molar-refractivity contribution in [2.75, 3.05) is 0 Å². The van der Waals surface area contributed by atoms with Crippen molar-refractivity contribution in [2.45, 2.75) is 46.6 Å². The third-order valence-corrected chi connectivity index (χ3v) is 4.60. The van der Waals surface area contributed by atoms with E-state index < -0.39 is 5.97 Å². The maximum absolute atomic E-state index is 12.8. The molecule has 0 radical (unpaired) electrons. The first kappa shape index (κ1) is 18.8. The second-order valence-electron chi connectivity index (χ2n) is 7.63. The highest BCUT2D eigenvalue weighted by Crippen LogP contribution is 2.28. The van der Waals surface area contributed by atoms with Crippen molar-refractivity contribution in [2.24, 2.45) is 0 Å². The number of fused-ring (bicyclic) bond motifs is 1. The largest absolute Gasteiger partial charge is 0.421 e. The molecule has 3 rings (SSSR count). The molecule has 0 unspecified atom stereocenters. The SMILES string of the molecule is CCn1nc(C(=O)Oc2ccc(C(C)(C)C)cc2C)c2ccccc2c1=O. The summed E-state index contributed by atoms with van der Waals surface area (Å²) in [4.78, 5) is 25.3. The fraction of sp³-hybridized carbons (Fsp3) is 0.318. The molecule has 5 heteroatoms. The van der Waals surface area contributed by atoms with E-state index in [1.165, 1.54) is 10.2 Å². The molecule has 1 aromatic heterocycles. The first-order valence-electron chi connectivity index (χ1n) is 9.05. The van der Waals surface area contributed by atoms with E-state index in [-0.39, 0.29) is 16.7 Å². The van der Waals surface area contributed by atoms with Crippen molar-refractivity contribution in [3.8, 4) is 5.75 Å². The Bertz CT molecular complexity index is 1080. The van der Waals surface area contributed by atoms with Crippen LogP contribution in [0.25, 0.3) is 10.8 Å². The molecule has 1 heterocycles. The molecule has 2 aromatic carbocycles. The molecule has 0 atom stereocenters. The molecule has 0 bridgehead atoms. The maximum Gasteiger partial charge on any atom is 0.364 e. The number of rotatable bonds is 3. The highest BCUT2D eigenvalue weighted by Gasteiger charge is 2.20. The van der Waals surface area contributed by atoms with Crippen molar-refractivity contribution >= 4 is 16.7 Å². The summed E-state index contributed by atoms with van der Waals surface area (Å²) in [6, 6.07) is 12.8. The van der Waals surface area contributed by atoms with Gasteiger partial charge < -0.3 is 4.74 Å². The zero-order valence-corrected chi connectivity index (χ0v) is 16.4. The Morgan fingerprint density at radius 1 is 1.11 bits per heavy atom. The van der Waals surface area contributed by atoms with Crippen LogP contribution in [-0.4, -0.2) is 15.7 Å². The molecule has 0 amide bonds. The minimum Gasteiger partial charge on any atom is -0.421 e. The summed E-state index contributed by atoms with van der Waals surface area (Å²) in [6.45, 7) is 10.5. The van der Waals surface area contributed by atoms with E-state index in [1.807, 2.05) is 32.0 Å². The first-order chi connectivity index (χ1) is 12.7. The van der Waals surface area contributed by atoms with Gasteiger partial charge in [0.25, 0.3) is 5.56 Å². The lowest BCUT2D eigenvalue weighted by Crippen LogP contribution is -2.26. The third-order valence-electron chi connectivity index (χ3n) is 4.60. The third kappa shape index (κ3) is 3.63. The van der Waals surface area contributed by atoms with Crippen molar-refractivity contribution in [1.82, 2.24) is 9.78 Å². The van der Waals surface area contributed by atoms with Gasteiger partial charge in [0.15, 0.2) is 5.69 Å². The van der Waals surface area contributed by atoms with E-state index in [0.29, 0.717) is 23.1 Å². The van der Waals surface area contributed by atoms with Gasteiger partial charge in [0.1, 0.15) is 5.75 Å². The fourth-order valence-corrected chi connectivity index (χ4v) is 2.98. The number of aryl methyl sites for hydroxylation is 2. The van der Waals surface area contributed by atoms with E-state index in [4.69, 9.17) is 4.74 Å². The molecule has 0 aliphatic carbocycles. The van der Waals surface area contributed by atoms with Crippen molar-refractivity contribution < 1.29 is 9.53 Å². The zero-order valence-electron chi connectivity index (χ0n) is 16.4. The quantitative estimate of drug-likeness (QED) is 0.515. The van der Waals surface area contributed by atoms with E-state index in [0.717, 1.165) is 5.56 Å². The van der Waals surface area contributed by atoms with Crippen molar-refractivity contribution in [1.29, 1.82) is 0 Å². The predicted octanol–water partition coefficient (Wildman–Crippen LogP) is 4.24. The van der Waals surface area contributed by atoms with Gasteiger partial charge in [-0.2, -0.15) is 5.10 Å². The number of carbonyl (C=O) groups excluding carboxylic acids is 1. The van der Waals surface area contributed by atoms with Crippen LogP contribution in [0.2, 0.25) is 0 Å². The predicted molar refractivity (Wildman–Crippen MR) is 107 cm³/mol. The summed E-state index contributed by atoms with van der Waals surface area (Å²) >= 11 is 0. The lowest BCUT2D eigenvalue weighted by atomic mass is 9.86. The Hall–Kier alpha value is -2.95. The molecule has 0 aliphatic heterocycles. The van der Waals surface area contributed by atoms with E-state index in [1.54, 1.807) is 24.3 Å². The summed E-state index contributed by atoms with van der Waals surface area (Å²) in [5.41, 5.74) is 2.00. The van der Waals surface area contributed by atoms with Gasteiger partial charge >= 0.3 is 5.97 Å². The molecule has 0 aliphatic rings. The molecule has 27 heavy (non-hydrogen) atoms. The minimum atomic E-state index is -0.569. The summed E-state index contributed by atoms with van der Waals surface area (Å²) in [5.74, 6) is -0.0758. The number of carbonyl (C=O) groups is 1. The fourth-order valence-electron chi connectivity index (χ4n) is 2.98. The Labute approximate surface area is 158 Å². The summed E-state index contributed by atoms with van der Waals surface area (Å²) in [7, 11) is 0. The van der Waals surface area contributed by atoms with Crippen LogP contribution in [-0.2, 0) is 12.0 Å². The number of nitrogens with zero attached hydrogens (tertiary/aromatic N) is 2. The van der Waals surface area contributed by atoms with Gasteiger partial charge in [0, 0.05) is 11.9 Å². The van der Waals surface area contributed by atoms with Crippen LogP contribution < -0.4 is 10.3 Å². The van der Waals surface area contributed by atoms with Gasteiger partial charge in [-0.1, -0.05) is 51.1 Å². The molecule has 0 spiro atoms. The number of aromatic nitrogens is 2. The van der Waals surface area contributed by atoms with Crippen molar-refractivity contribution in [3.63, 3.8) is 0 Å². The number of esters is 1. The zero-order chi connectivity index (χ0) is 19.8. The summed E-state index contributed by atoms with van der Waals surface area (Å²) in [6.07, 6.45) is 0. The standard InChI is InChI=1S/C22H24N2O3/c1-6-24-20(25)17-10-8-7-9-16(17)19(23-24)21(26)27-18-12-11-15(13-14(18)2)22(3,4)5/h7-13H,6H2,1-5H3. The Morgan fingerprint density at radius 3 is 2.37 bits per heavy atom. The summed E-state index contributed by atoms with van der Waals surface area (Å²) in [5, 5.41) is 5.19. The van der Waals surface area contributed by atoms with E-state index >= 15 is 0 Å². The molecule has 0 saturated carbocycles. The van der Waals surface area contributed by atoms with Crippen LogP contribution >= 0.6 is 0 Å². The Kier molecular flexibility index (Phi) is 4.87. The minimum absolute atomic E-state index is 0.0156. The molecule has 0 N–H and O–H groups in total. The molecule has 140 valence electrons. The second-order valence-corrected chi connectivity index (χ2v) is 7.63. The average molecular weight is 364 g/mol. The first-order valence-corrected chi connectivity index (χ1v) is 9.05. The number of ether oxygens (including phenoxy) is 1. The number of hydrogen-bond acceptors (Lipinski definition) is 4. The van der Waals surface area contributed by atoms with Crippen LogP contribution in [0.4, 0.5) is 0 Å². The molecule has 0 fully saturated rings. The molecule has 5 nitrogen and oxygen atoms in total. The van der Waals surface area contributed by atoms with Crippen LogP contribution in [0.15, 0.2) is 47.3 Å². The maximum atomic E-state index is 12.8. The van der Waals surface area contributed by atoms with E-state index in [2.05, 4.69) is 25.9 Å². The van der Waals surface area contributed by atoms with Gasteiger partial charge in [-0.15, -0.1) is 0 Å². The number of hydrogen-bond donors (Lipinski definition) is 0. The van der Waals surface area contributed by atoms with Gasteiger partial charge in [-0.25, -0.2) is 9.48 Å². The monoisotopic (exact) mass is 364 g/mol. The molecule has 3 aromatic rings. The van der Waals surface area contributed by atoms with Crippen LogP contribution in [0, 0.1) is 6.92 Å². The normalized spacial score (nSPS) is 11.6. The molecular formula is C22H24N2O3. The summed E-state index contributed by atoms with van der Waals surface area (Å²) < 4.78 is 6.92. The lowest BCUT2D eigenvalue weighted by Gasteiger charge is -2.20. The average Bonchev–Trinajstić information content (AvgIpc) is 2.63. The van der Waals surface area contributed by atoms with E-state index in [9.17, 15) is 9.59 Å². The Morgan fingerprint density at radius 2 is 1.78 bits per heavy atom. The van der Waals surface area contributed by atoms with Crippen molar-refractivity contribution in [3.05, 3.63) is 69.6 Å². The highest BCUT2D eigenvalue weighted by molar-refractivity contribution is 6.02. The lowest BCUT2D eigenvalue weighted by molar-refractivity contribution is 0.0727. The number of benzene rings is 2. The molecule has 0 saturated heterocycles. The topological polar surface area (TPSA) is 61.2 Å². The molecular weight excluding hydrogens is 340 g/mol. The second kappa shape index (κ2) is 6.99.